The highest BCUT2D eigenvalue weighted by atomic mass is 16.5. The van der Waals surface area contributed by atoms with Crippen LogP contribution >= 0.6 is 0 Å². The van der Waals surface area contributed by atoms with Crippen LogP contribution in [0.3, 0.4) is 0 Å². The molecule has 2 aromatic heterocycles. The van der Waals surface area contributed by atoms with Crippen molar-refractivity contribution in [2.45, 2.75) is 40.2 Å². The molecule has 4 rings (SSSR count). The van der Waals surface area contributed by atoms with Gasteiger partial charge in [-0.25, -0.2) is 4.98 Å². The number of rotatable bonds is 6. The van der Waals surface area contributed by atoms with Crippen molar-refractivity contribution in [2.24, 2.45) is 0 Å². The molecular weight excluding hydrogens is 364 g/mol. The zero-order chi connectivity index (χ0) is 20.7. The SMILES string of the molecule is COCC(COC)N1CCc2c(C)nc3c(-c4ccc(C)cc4C)c(C)nn3c21. The van der Waals surface area contributed by atoms with Crippen molar-refractivity contribution >= 4 is 11.5 Å². The number of ether oxygens (including phenoxy) is 2. The average Bonchev–Trinajstić information content (AvgIpc) is 3.24. The van der Waals surface area contributed by atoms with Gasteiger partial charge in [0, 0.05) is 37.6 Å². The van der Waals surface area contributed by atoms with Crippen LogP contribution in [0, 0.1) is 27.7 Å². The number of hydrogen-bond donors (Lipinski definition) is 0. The molecule has 3 heterocycles. The minimum atomic E-state index is 0.144. The van der Waals surface area contributed by atoms with Crippen LogP contribution in [0.2, 0.25) is 0 Å². The second-order valence-electron chi connectivity index (χ2n) is 8.02. The fraction of sp³-hybridized carbons (Fsp3) is 0.478. The Morgan fingerprint density at radius 2 is 1.76 bits per heavy atom. The first-order valence-electron chi connectivity index (χ1n) is 10.2. The topological polar surface area (TPSA) is 51.9 Å². The first kappa shape index (κ1) is 19.9. The lowest BCUT2D eigenvalue weighted by atomic mass is 9.99. The van der Waals surface area contributed by atoms with Crippen LogP contribution in [-0.4, -0.2) is 54.6 Å². The van der Waals surface area contributed by atoms with Gasteiger partial charge in [0.05, 0.1) is 24.9 Å². The van der Waals surface area contributed by atoms with Gasteiger partial charge in [-0.05, 0) is 45.2 Å². The number of hydrogen-bond acceptors (Lipinski definition) is 5. The number of methoxy groups -OCH3 is 2. The summed E-state index contributed by atoms with van der Waals surface area (Å²) in [5.74, 6) is 1.13. The predicted octanol–water partition coefficient (Wildman–Crippen LogP) is 3.65. The molecule has 0 saturated heterocycles. The van der Waals surface area contributed by atoms with Gasteiger partial charge in [-0.1, -0.05) is 23.8 Å². The minimum absolute atomic E-state index is 0.144. The highest BCUT2D eigenvalue weighted by Crippen LogP contribution is 2.37. The number of aromatic nitrogens is 3. The summed E-state index contributed by atoms with van der Waals surface area (Å²) in [6.45, 7) is 10.6. The largest absolute Gasteiger partial charge is 0.382 e. The number of anilines is 1. The quantitative estimate of drug-likeness (QED) is 0.639. The second-order valence-corrected chi connectivity index (χ2v) is 8.02. The molecule has 6 nitrogen and oxygen atoms in total. The summed E-state index contributed by atoms with van der Waals surface area (Å²) in [6.07, 6.45) is 0.964. The van der Waals surface area contributed by atoms with Gasteiger partial charge in [-0.15, -0.1) is 0 Å². The molecule has 0 unspecified atom stereocenters. The molecule has 0 radical (unpaired) electrons. The van der Waals surface area contributed by atoms with E-state index in [0.29, 0.717) is 13.2 Å². The van der Waals surface area contributed by atoms with Gasteiger partial charge in [0.25, 0.3) is 0 Å². The Hall–Kier alpha value is -2.44. The Kier molecular flexibility index (Phi) is 5.32. The van der Waals surface area contributed by atoms with Crippen LogP contribution in [0.4, 0.5) is 5.82 Å². The van der Waals surface area contributed by atoms with Crippen molar-refractivity contribution in [1.29, 1.82) is 0 Å². The molecule has 0 bridgehead atoms. The van der Waals surface area contributed by atoms with Crippen LogP contribution in [0.15, 0.2) is 18.2 Å². The summed E-state index contributed by atoms with van der Waals surface area (Å²) in [7, 11) is 3.48. The zero-order valence-corrected chi connectivity index (χ0v) is 18.2. The Morgan fingerprint density at radius 1 is 1.03 bits per heavy atom. The lowest BCUT2D eigenvalue weighted by Crippen LogP contribution is -2.41. The molecule has 0 saturated carbocycles. The van der Waals surface area contributed by atoms with Crippen molar-refractivity contribution in [3.63, 3.8) is 0 Å². The standard InChI is InChI=1S/C23H30N4O2/c1-14-7-8-19(15(2)11-14)21-17(4)25-27-22(21)24-16(3)20-9-10-26(23(20)27)18(12-28-5)13-29-6/h7-8,11,18H,9-10,12-13H2,1-6H3. The van der Waals surface area contributed by atoms with E-state index in [2.05, 4.69) is 50.8 Å². The summed E-state index contributed by atoms with van der Waals surface area (Å²) < 4.78 is 13.0. The van der Waals surface area contributed by atoms with Gasteiger partial charge < -0.3 is 14.4 Å². The van der Waals surface area contributed by atoms with E-state index in [9.17, 15) is 0 Å². The molecule has 0 amide bonds. The monoisotopic (exact) mass is 394 g/mol. The zero-order valence-electron chi connectivity index (χ0n) is 18.2. The maximum Gasteiger partial charge on any atom is 0.165 e. The molecule has 1 aliphatic heterocycles. The third-order valence-corrected chi connectivity index (χ3v) is 5.90. The highest BCUT2D eigenvalue weighted by Gasteiger charge is 2.32. The number of benzene rings is 1. The van der Waals surface area contributed by atoms with Gasteiger partial charge in [-0.3, -0.25) is 0 Å². The lowest BCUT2D eigenvalue weighted by molar-refractivity contribution is 0.115. The maximum absolute atomic E-state index is 5.48. The summed E-state index contributed by atoms with van der Waals surface area (Å²) in [6, 6.07) is 6.71. The number of fused-ring (bicyclic) bond motifs is 3. The van der Waals surface area contributed by atoms with Gasteiger partial charge >= 0.3 is 0 Å². The molecule has 6 heteroatoms. The normalized spacial score (nSPS) is 13.7. The second kappa shape index (κ2) is 7.76. The van der Waals surface area contributed by atoms with Crippen LogP contribution in [0.5, 0.6) is 0 Å². The highest BCUT2D eigenvalue weighted by molar-refractivity contribution is 5.83. The Bertz CT molecular complexity index is 1050. The number of aryl methyl sites for hydroxylation is 4. The molecule has 0 aliphatic carbocycles. The van der Waals surface area contributed by atoms with Crippen LogP contribution in [-0.2, 0) is 15.9 Å². The predicted molar refractivity (Wildman–Crippen MR) is 116 cm³/mol. The van der Waals surface area contributed by atoms with E-state index in [1.165, 1.54) is 22.3 Å². The molecule has 0 atom stereocenters. The van der Waals surface area contributed by atoms with Crippen molar-refractivity contribution in [3.05, 3.63) is 46.3 Å². The van der Waals surface area contributed by atoms with Crippen LogP contribution in [0.25, 0.3) is 16.8 Å². The number of nitrogens with zero attached hydrogens (tertiary/aromatic N) is 4. The molecule has 1 aromatic carbocycles. The van der Waals surface area contributed by atoms with Gasteiger partial charge in [0.1, 0.15) is 5.82 Å². The maximum atomic E-state index is 5.48. The van der Waals surface area contributed by atoms with Gasteiger partial charge in [0.15, 0.2) is 5.65 Å². The van der Waals surface area contributed by atoms with E-state index in [4.69, 9.17) is 19.6 Å². The fourth-order valence-corrected chi connectivity index (χ4v) is 4.59. The molecule has 154 valence electrons. The van der Waals surface area contributed by atoms with Crippen molar-refractivity contribution in [1.82, 2.24) is 14.6 Å². The van der Waals surface area contributed by atoms with Crippen molar-refractivity contribution in [2.75, 3.05) is 38.9 Å². The average molecular weight is 395 g/mol. The lowest BCUT2D eigenvalue weighted by Gasteiger charge is -2.29. The summed E-state index contributed by atoms with van der Waals surface area (Å²) in [4.78, 5) is 7.38. The van der Waals surface area contributed by atoms with Crippen molar-refractivity contribution in [3.8, 4) is 11.1 Å². The van der Waals surface area contributed by atoms with E-state index in [-0.39, 0.29) is 6.04 Å². The van der Waals surface area contributed by atoms with E-state index in [1.54, 1.807) is 14.2 Å². The van der Waals surface area contributed by atoms with E-state index in [1.807, 2.05) is 4.52 Å². The molecule has 29 heavy (non-hydrogen) atoms. The molecule has 0 N–H and O–H groups in total. The van der Waals surface area contributed by atoms with Gasteiger partial charge in [-0.2, -0.15) is 9.61 Å². The van der Waals surface area contributed by atoms with Crippen molar-refractivity contribution < 1.29 is 9.47 Å². The Morgan fingerprint density at radius 3 is 2.41 bits per heavy atom. The molecular formula is C23H30N4O2. The first-order valence-corrected chi connectivity index (χ1v) is 10.2. The van der Waals surface area contributed by atoms with Crippen LogP contribution in [0.1, 0.15) is 28.1 Å². The third-order valence-electron chi connectivity index (χ3n) is 5.90. The van der Waals surface area contributed by atoms with E-state index in [0.717, 1.165) is 41.4 Å². The van der Waals surface area contributed by atoms with E-state index >= 15 is 0 Å². The molecule has 1 aliphatic rings. The molecule has 3 aromatic rings. The summed E-state index contributed by atoms with van der Waals surface area (Å²) in [5, 5.41) is 4.95. The fourth-order valence-electron chi connectivity index (χ4n) is 4.59. The summed E-state index contributed by atoms with van der Waals surface area (Å²) in [5.41, 5.74) is 9.10. The van der Waals surface area contributed by atoms with Gasteiger partial charge in [0.2, 0.25) is 0 Å². The molecule has 0 spiro atoms. The minimum Gasteiger partial charge on any atom is -0.382 e. The third kappa shape index (κ3) is 3.30. The van der Waals surface area contributed by atoms with Crippen LogP contribution < -0.4 is 4.90 Å². The Labute approximate surface area is 172 Å². The Balaban J connectivity index is 1.93. The molecule has 0 fully saturated rings. The van der Waals surface area contributed by atoms with E-state index < -0.39 is 0 Å². The summed E-state index contributed by atoms with van der Waals surface area (Å²) >= 11 is 0. The first-order chi connectivity index (χ1) is 14.0. The smallest absolute Gasteiger partial charge is 0.165 e.